The summed E-state index contributed by atoms with van der Waals surface area (Å²) in [5, 5.41) is 25.8. The van der Waals surface area contributed by atoms with Crippen molar-refractivity contribution in [3.63, 3.8) is 0 Å². The minimum Gasteiger partial charge on any atom is -0.508 e. The summed E-state index contributed by atoms with van der Waals surface area (Å²) in [6, 6.07) is 15.0. The average molecular weight is 234 g/mol. The Labute approximate surface area is 103 Å². The van der Waals surface area contributed by atoms with E-state index in [1.54, 1.807) is 18.2 Å². The quantitative estimate of drug-likeness (QED) is 0.451. The molecule has 2 N–H and O–H groups in total. The van der Waals surface area contributed by atoms with Crippen LogP contribution >= 0.6 is 0 Å². The lowest BCUT2D eigenvalue weighted by Crippen LogP contribution is -1.84. The third-order valence-electron chi connectivity index (χ3n) is 3.56. The standard InChI is InChI=1S/C16H10O2/c17-12-7-10-2-1-9-4-6-14(18)13-5-3-11(8-12)15(10)16(9)13/h1-8,17-18H. The van der Waals surface area contributed by atoms with Gasteiger partial charge in [-0.25, -0.2) is 0 Å². The molecule has 2 nitrogen and oxygen atoms in total. The number of hydrogen-bond donors (Lipinski definition) is 2. The summed E-state index contributed by atoms with van der Waals surface area (Å²) in [5.74, 6) is 0.565. The maximum atomic E-state index is 9.95. The molecule has 86 valence electrons. The number of rotatable bonds is 0. The summed E-state index contributed by atoms with van der Waals surface area (Å²) in [6.45, 7) is 0. The van der Waals surface area contributed by atoms with Crippen molar-refractivity contribution in [3.05, 3.63) is 48.5 Å². The molecule has 2 heteroatoms. The second-order valence-electron chi connectivity index (χ2n) is 4.63. The molecule has 0 aliphatic rings. The van der Waals surface area contributed by atoms with Gasteiger partial charge in [-0.1, -0.05) is 30.3 Å². The molecule has 4 rings (SSSR count). The first-order chi connectivity index (χ1) is 8.74. The van der Waals surface area contributed by atoms with E-state index in [-0.39, 0.29) is 5.75 Å². The first-order valence-corrected chi connectivity index (χ1v) is 5.83. The molecule has 0 unspecified atom stereocenters. The van der Waals surface area contributed by atoms with Crippen LogP contribution in [0.3, 0.4) is 0 Å². The van der Waals surface area contributed by atoms with Crippen LogP contribution in [0.15, 0.2) is 48.5 Å². The molecule has 0 radical (unpaired) electrons. The molecule has 0 spiro atoms. The monoisotopic (exact) mass is 234 g/mol. The predicted octanol–water partition coefficient (Wildman–Crippen LogP) is 4.00. The zero-order valence-corrected chi connectivity index (χ0v) is 9.51. The number of aromatic hydroxyl groups is 2. The minimum atomic E-state index is 0.269. The van der Waals surface area contributed by atoms with Crippen LogP contribution in [0, 0.1) is 0 Å². The molecule has 0 aromatic heterocycles. The molecule has 0 heterocycles. The van der Waals surface area contributed by atoms with E-state index >= 15 is 0 Å². The van der Waals surface area contributed by atoms with E-state index in [0.717, 1.165) is 32.3 Å². The molecule has 4 aromatic carbocycles. The second kappa shape index (κ2) is 3.05. The molecule has 0 fully saturated rings. The fraction of sp³-hybridized carbons (Fsp3) is 0. The van der Waals surface area contributed by atoms with E-state index in [0.29, 0.717) is 5.75 Å². The maximum Gasteiger partial charge on any atom is 0.123 e. The first kappa shape index (κ1) is 9.54. The van der Waals surface area contributed by atoms with Gasteiger partial charge in [-0.05, 0) is 39.7 Å². The summed E-state index contributed by atoms with van der Waals surface area (Å²) in [5.41, 5.74) is 0. The van der Waals surface area contributed by atoms with Crippen molar-refractivity contribution in [1.29, 1.82) is 0 Å². The average Bonchev–Trinajstić information content (AvgIpc) is 2.37. The highest BCUT2D eigenvalue weighted by atomic mass is 16.3. The molecule has 0 amide bonds. The zero-order valence-electron chi connectivity index (χ0n) is 9.51. The lowest BCUT2D eigenvalue weighted by atomic mass is 9.94. The Kier molecular flexibility index (Phi) is 1.61. The highest BCUT2D eigenvalue weighted by Gasteiger charge is 2.10. The number of hydrogen-bond acceptors (Lipinski definition) is 2. The van der Waals surface area contributed by atoms with E-state index in [4.69, 9.17) is 0 Å². The number of benzene rings is 4. The van der Waals surface area contributed by atoms with Gasteiger partial charge in [0.1, 0.15) is 11.5 Å². The van der Waals surface area contributed by atoms with Crippen LogP contribution < -0.4 is 0 Å². The Balaban J connectivity index is 2.44. The lowest BCUT2D eigenvalue weighted by molar-refractivity contribution is 0.477. The summed E-state index contributed by atoms with van der Waals surface area (Å²) in [4.78, 5) is 0. The van der Waals surface area contributed by atoms with Crippen molar-refractivity contribution >= 4 is 32.3 Å². The SMILES string of the molecule is Oc1cc2ccc3ccc(O)c4ccc(c1)c2c34. The van der Waals surface area contributed by atoms with Gasteiger partial charge in [0, 0.05) is 10.8 Å². The topological polar surface area (TPSA) is 40.5 Å². The van der Waals surface area contributed by atoms with Gasteiger partial charge in [-0.15, -0.1) is 0 Å². The molecular formula is C16H10O2. The molecule has 0 aliphatic heterocycles. The summed E-state index contributed by atoms with van der Waals surface area (Å²) in [7, 11) is 0. The van der Waals surface area contributed by atoms with E-state index in [1.165, 1.54) is 0 Å². The molecule has 0 aliphatic carbocycles. The smallest absolute Gasteiger partial charge is 0.123 e. The van der Waals surface area contributed by atoms with Crippen molar-refractivity contribution < 1.29 is 10.2 Å². The van der Waals surface area contributed by atoms with Gasteiger partial charge >= 0.3 is 0 Å². The Hall–Kier alpha value is -2.48. The van der Waals surface area contributed by atoms with Gasteiger partial charge in [0.25, 0.3) is 0 Å². The molecule has 0 bridgehead atoms. The molecule has 4 aromatic rings. The van der Waals surface area contributed by atoms with Gasteiger partial charge in [0.15, 0.2) is 0 Å². The molecule has 18 heavy (non-hydrogen) atoms. The first-order valence-electron chi connectivity index (χ1n) is 5.83. The molecule has 0 atom stereocenters. The summed E-state index contributed by atoms with van der Waals surface area (Å²) >= 11 is 0. The van der Waals surface area contributed by atoms with Gasteiger partial charge < -0.3 is 10.2 Å². The highest BCUT2D eigenvalue weighted by molar-refractivity contribution is 6.24. The largest absolute Gasteiger partial charge is 0.508 e. The van der Waals surface area contributed by atoms with Crippen LogP contribution in [0.1, 0.15) is 0 Å². The molecule has 0 saturated carbocycles. The van der Waals surface area contributed by atoms with E-state index in [1.807, 2.05) is 30.3 Å². The molecular weight excluding hydrogens is 224 g/mol. The van der Waals surface area contributed by atoms with Crippen LogP contribution in [0.2, 0.25) is 0 Å². The minimum absolute atomic E-state index is 0.269. The Morgan fingerprint density at radius 2 is 1.22 bits per heavy atom. The molecule has 0 saturated heterocycles. The van der Waals surface area contributed by atoms with Crippen molar-refractivity contribution in [3.8, 4) is 11.5 Å². The highest BCUT2D eigenvalue weighted by Crippen LogP contribution is 2.39. The van der Waals surface area contributed by atoms with Gasteiger partial charge in [0.2, 0.25) is 0 Å². The van der Waals surface area contributed by atoms with Gasteiger partial charge in [-0.3, -0.25) is 0 Å². The van der Waals surface area contributed by atoms with Crippen molar-refractivity contribution in [2.45, 2.75) is 0 Å². The van der Waals surface area contributed by atoms with Gasteiger partial charge in [-0.2, -0.15) is 0 Å². The van der Waals surface area contributed by atoms with Crippen LogP contribution in [0.25, 0.3) is 32.3 Å². The van der Waals surface area contributed by atoms with E-state index in [2.05, 4.69) is 0 Å². The van der Waals surface area contributed by atoms with E-state index in [9.17, 15) is 10.2 Å². The third-order valence-corrected chi connectivity index (χ3v) is 3.56. The predicted molar refractivity (Wildman–Crippen MR) is 73.5 cm³/mol. The Morgan fingerprint density at radius 1 is 0.611 bits per heavy atom. The number of phenolic OH excluding ortho intramolecular Hbond substituents is 2. The second-order valence-corrected chi connectivity index (χ2v) is 4.63. The fourth-order valence-corrected chi connectivity index (χ4v) is 2.79. The maximum absolute atomic E-state index is 9.95. The van der Waals surface area contributed by atoms with Gasteiger partial charge in [0.05, 0.1) is 0 Å². The lowest BCUT2D eigenvalue weighted by Gasteiger charge is -2.11. The number of phenols is 2. The van der Waals surface area contributed by atoms with Crippen molar-refractivity contribution in [2.24, 2.45) is 0 Å². The van der Waals surface area contributed by atoms with Crippen LogP contribution in [-0.2, 0) is 0 Å². The van der Waals surface area contributed by atoms with Crippen LogP contribution in [0.4, 0.5) is 0 Å². The summed E-state index contributed by atoms with van der Waals surface area (Å²) < 4.78 is 0. The van der Waals surface area contributed by atoms with Crippen LogP contribution in [0.5, 0.6) is 11.5 Å². The third kappa shape index (κ3) is 1.07. The zero-order chi connectivity index (χ0) is 12.3. The normalized spacial score (nSPS) is 11.8. The Bertz CT molecular complexity index is 875. The Morgan fingerprint density at radius 3 is 2.00 bits per heavy atom. The van der Waals surface area contributed by atoms with Crippen LogP contribution in [-0.4, -0.2) is 10.2 Å². The fourth-order valence-electron chi connectivity index (χ4n) is 2.79. The summed E-state index contributed by atoms with van der Waals surface area (Å²) in [6.07, 6.45) is 0. The van der Waals surface area contributed by atoms with Crippen molar-refractivity contribution in [2.75, 3.05) is 0 Å². The van der Waals surface area contributed by atoms with Crippen molar-refractivity contribution in [1.82, 2.24) is 0 Å². The van der Waals surface area contributed by atoms with E-state index < -0.39 is 0 Å².